The normalized spacial score (nSPS) is 17.5. The predicted octanol–water partition coefficient (Wildman–Crippen LogP) is 3.25. The molecule has 2 aromatic rings. The summed E-state index contributed by atoms with van der Waals surface area (Å²) in [5.74, 6) is 0. The summed E-state index contributed by atoms with van der Waals surface area (Å²) in [5, 5.41) is 0. The summed E-state index contributed by atoms with van der Waals surface area (Å²) < 4.78 is 2.30. The molecule has 2 heteroatoms. The van der Waals surface area contributed by atoms with Crippen LogP contribution in [0.1, 0.15) is 31.4 Å². The fourth-order valence-electron chi connectivity index (χ4n) is 2.50. The molecule has 1 aromatic carbocycles. The number of hydrogen-bond donors (Lipinski definition) is 0. The second kappa shape index (κ2) is 3.23. The van der Waals surface area contributed by atoms with Gasteiger partial charge in [0.2, 0.25) is 0 Å². The lowest BCUT2D eigenvalue weighted by Gasteiger charge is -2.12. The molecule has 0 saturated carbocycles. The maximum absolute atomic E-state index is 4.24. The smallest absolute Gasteiger partial charge is 0.0956 e. The Morgan fingerprint density at radius 3 is 3.07 bits per heavy atom. The average molecular weight is 198 g/mol. The third-order valence-electron chi connectivity index (χ3n) is 3.16. The van der Waals surface area contributed by atoms with E-state index in [2.05, 4.69) is 40.7 Å². The molecule has 0 amide bonds. The van der Waals surface area contributed by atoms with Crippen molar-refractivity contribution in [2.24, 2.45) is 0 Å². The zero-order valence-corrected chi connectivity index (χ0v) is 8.85. The molecule has 15 heavy (non-hydrogen) atoms. The maximum Gasteiger partial charge on any atom is 0.0956 e. The number of fused-ring (bicyclic) bond motifs is 3. The van der Waals surface area contributed by atoms with Crippen LogP contribution < -0.4 is 0 Å². The molecule has 0 N–H and O–H groups in total. The Hall–Kier alpha value is -1.57. The quantitative estimate of drug-likeness (QED) is 0.724. The second-order valence-corrected chi connectivity index (χ2v) is 4.08. The Morgan fingerprint density at radius 1 is 1.33 bits per heavy atom. The van der Waals surface area contributed by atoms with Crippen LogP contribution in [0.3, 0.4) is 0 Å². The average Bonchev–Trinajstić information content (AvgIpc) is 2.82. The van der Waals surface area contributed by atoms with Crippen molar-refractivity contribution >= 4 is 0 Å². The molecular weight excluding hydrogens is 184 g/mol. The van der Waals surface area contributed by atoms with Crippen molar-refractivity contribution in [3.8, 4) is 11.3 Å². The number of benzene rings is 1. The zero-order valence-electron chi connectivity index (χ0n) is 8.85. The van der Waals surface area contributed by atoms with Crippen LogP contribution in [0.5, 0.6) is 0 Å². The largest absolute Gasteiger partial charge is 0.323 e. The van der Waals surface area contributed by atoms with E-state index in [0.29, 0.717) is 6.04 Å². The van der Waals surface area contributed by atoms with E-state index in [1.165, 1.54) is 29.7 Å². The highest BCUT2D eigenvalue weighted by Crippen LogP contribution is 2.40. The molecule has 0 aliphatic carbocycles. The molecule has 1 aliphatic rings. The van der Waals surface area contributed by atoms with Crippen LogP contribution in [0.15, 0.2) is 36.8 Å². The lowest BCUT2D eigenvalue weighted by atomic mass is 10.0. The predicted molar refractivity (Wildman–Crippen MR) is 60.7 cm³/mol. The highest BCUT2D eigenvalue weighted by Gasteiger charge is 2.26. The lowest BCUT2D eigenvalue weighted by molar-refractivity contribution is 0.555. The summed E-state index contributed by atoms with van der Waals surface area (Å²) in [5.41, 5.74) is 4.08. The van der Waals surface area contributed by atoms with Gasteiger partial charge in [-0.05, 0) is 12.0 Å². The van der Waals surface area contributed by atoms with E-state index in [1.54, 1.807) is 0 Å². The van der Waals surface area contributed by atoms with Gasteiger partial charge >= 0.3 is 0 Å². The Balaban J connectivity index is 2.19. The molecule has 0 unspecified atom stereocenters. The van der Waals surface area contributed by atoms with Gasteiger partial charge in [-0.1, -0.05) is 37.6 Å². The van der Waals surface area contributed by atoms with Crippen LogP contribution >= 0.6 is 0 Å². The minimum atomic E-state index is 0.503. The topological polar surface area (TPSA) is 17.8 Å². The minimum absolute atomic E-state index is 0.503. The Bertz CT molecular complexity index is 485. The van der Waals surface area contributed by atoms with E-state index in [9.17, 15) is 0 Å². The number of hydrogen-bond acceptors (Lipinski definition) is 1. The summed E-state index contributed by atoms with van der Waals surface area (Å²) in [6.45, 7) is 2.23. The van der Waals surface area contributed by atoms with Gasteiger partial charge in [0.1, 0.15) is 0 Å². The third-order valence-corrected chi connectivity index (χ3v) is 3.16. The maximum atomic E-state index is 4.24. The van der Waals surface area contributed by atoms with Gasteiger partial charge in [-0.3, -0.25) is 0 Å². The first-order valence-electron chi connectivity index (χ1n) is 5.53. The van der Waals surface area contributed by atoms with Crippen LogP contribution in [-0.4, -0.2) is 9.55 Å². The molecule has 0 radical (unpaired) electrons. The van der Waals surface area contributed by atoms with Crippen LogP contribution in [0.4, 0.5) is 0 Å². The fourth-order valence-corrected chi connectivity index (χ4v) is 2.50. The monoisotopic (exact) mass is 198 g/mol. The van der Waals surface area contributed by atoms with Crippen molar-refractivity contribution in [2.45, 2.75) is 25.8 Å². The molecule has 0 bridgehead atoms. The van der Waals surface area contributed by atoms with Crippen LogP contribution in [-0.2, 0) is 0 Å². The van der Waals surface area contributed by atoms with Gasteiger partial charge in [0.25, 0.3) is 0 Å². The van der Waals surface area contributed by atoms with Gasteiger partial charge < -0.3 is 4.57 Å². The molecular formula is C13H14N2. The van der Waals surface area contributed by atoms with Gasteiger partial charge in [-0.15, -0.1) is 0 Å². The number of nitrogens with zero attached hydrogens (tertiary/aromatic N) is 2. The Morgan fingerprint density at radius 2 is 2.20 bits per heavy atom. The van der Waals surface area contributed by atoms with Crippen molar-refractivity contribution in [1.82, 2.24) is 9.55 Å². The van der Waals surface area contributed by atoms with E-state index in [4.69, 9.17) is 0 Å². The molecule has 0 spiro atoms. The summed E-state index contributed by atoms with van der Waals surface area (Å²) in [6, 6.07) is 9.16. The minimum Gasteiger partial charge on any atom is -0.323 e. The Kier molecular flexibility index (Phi) is 1.88. The van der Waals surface area contributed by atoms with E-state index in [1.807, 2.05) is 12.5 Å². The summed E-state index contributed by atoms with van der Waals surface area (Å²) >= 11 is 0. The number of rotatable bonds is 2. The van der Waals surface area contributed by atoms with Crippen molar-refractivity contribution in [1.29, 1.82) is 0 Å². The van der Waals surface area contributed by atoms with Crippen molar-refractivity contribution in [2.75, 3.05) is 0 Å². The van der Waals surface area contributed by atoms with Gasteiger partial charge in [-0.2, -0.15) is 0 Å². The molecule has 2 heterocycles. The van der Waals surface area contributed by atoms with Gasteiger partial charge in [-0.25, -0.2) is 4.98 Å². The first-order valence-corrected chi connectivity index (χ1v) is 5.53. The highest BCUT2D eigenvalue weighted by molar-refractivity contribution is 5.68. The summed E-state index contributed by atoms with van der Waals surface area (Å²) in [6.07, 6.45) is 6.32. The summed E-state index contributed by atoms with van der Waals surface area (Å²) in [7, 11) is 0. The van der Waals surface area contributed by atoms with Crippen LogP contribution in [0, 0.1) is 0 Å². The van der Waals surface area contributed by atoms with Crippen LogP contribution in [0.25, 0.3) is 11.3 Å². The second-order valence-electron chi connectivity index (χ2n) is 4.08. The van der Waals surface area contributed by atoms with Crippen molar-refractivity contribution in [3.05, 3.63) is 42.4 Å². The molecule has 0 saturated heterocycles. The van der Waals surface area contributed by atoms with E-state index in [0.717, 1.165) is 0 Å². The molecule has 76 valence electrons. The van der Waals surface area contributed by atoms with E-state index >= 15 is 0 Å². The van der Waals surface area contributed by atoms with Gasteiger partial charge in [0.15, 0.2) is 0 Å². The fraction of sp³-hybridized carbons (Fsp3) is 0.308. The molecule has 1 aliphatic heterocycles. The Labute approximate surface area is 89.6 Å². The molecule has 3 rings (SSSR count). The summed E-state index contributed by atoms with van der Waals surface area (Å²) in [4.78, 5) is 4.24. The number of imidazole rings is 1. The number of aromatic nitrogens is 2. The highest BCUT2D eigenvalue weighted by atomic mass is 15.1. The SMILES string of the molecule is CCC[C@H]1c2ccccc2-c2cncn21. The molecule has 1 atom stereocenters. The van der Waals surface area contributed by atoms with Crippen LogP contribution in [0.2, 0.25) is 0 Å². The van der Waals surface area contributed by atoms with Crippen molar-refractivity contribution in [3.63, 3.8) is 0 Å². The molecule has 1 aromatic heterocycles. The van der Waals surface area contributed by atoms with E-state index in [-0.39, 0.29) is 0 Å². The first kappa shape index (κ1) is 8.72. The molecule has 2 nitrogen and oxygen atoms in total. The van der Waals surface area contributed by atoms with Gasteiger partial charge in [0, 0.05) is 5.56 Å². The van der Waals surface area contributed by atoms with Gasteiger partial charge in [0.05, 0.1) is 24.3 Å². The van der Waals surface area contributed by atoms with Crippen molar-refractivity contribution < 1.29 is 0 Å². The third kappa shape index (κ3) is 1.14. The zero-order chi connectivity index (χ0) is 10.3. The van der Waals surface area contributed by atoms with E-state index < -0.39 is 0 Å². The lowest BCUT2D eigenvalue weighted by Crippen LogP contribution is -2.03. The standard InChI is InChI=1S/C13H14N2/c1-2-5-12-10-6-3-4-7-11(10)13-8-14-9-15(12)13/h3-4,6-9,12H,2,5H2,1H3/t12-/m0/s1. The first-order chi connectivity index (χ1) is 7.42. The molecule has 0 fully saturated rings.